The molecular formula is C12H19N3. The van der Waals surface area contributed by atoms with E-state index in [0.717, 1.165) is 19.6 Å². The summed E-state index contributed by atoms with van der Waals surface area (Å²) < 4.78 is 0. The van der Waals surface area contributed by atoms with Gasteiger partial charge in [0.25, 0.3) is 0 Å². The van der Waals surface area contributed by atoms with Gasteiger partial charge in [0, 0.05) is 25.3 Å². The van der Waals surface area contributed by atoms with Crippen LogP contribution in [0.15, 0.2) is 18.5 Å². The van der Waals surface area contributed by atoms with Crippen molar-refractivity contribution in [1.82, 2.24) is 10.3 Å². The Morgan fingerprint density at radius 2 is 2.47 bits per heavy atom. The number of pyridine rings is 1. The summed E-state index contributed by atoms with van der Waals surface area (Å²) in [7, 11) is 0. The first-order chi connectivity index (χ1) is 7.31. The summed E-state index contributed by atoms with van der Waals surface area (Å²) in [5.74, 6) is 0. The van der Waals surface area contributed by atoms with E-state index in [1.54, 1.807) is 0 Å². The average molecular weight is 205 g/mol. The highest BCUT2D eigenvalue weighted by atomic mass is 15.2. The van der Waals surface area contributed by atoms with Crippen LogP contribution in [-0.2, 0) is 0 Å². The van der Waals surface area contributed by atoms with E-state index < -0.39 is 0 Å². The van der Waals surface area contributed by atoms with Crippen LogP contribution in [0, 0.1) is 6.92 Å². The van der Waals surface area contributed by atoms with Gasteiger partial charge in [-0.15, -0.1) is 0 Å². The predicted molar refractivity (Wildman–Crippen MR) is 63.3 cm³/mol. The number of aryl methyl sites for hydroxylation is 1. The number of hydrogen-bond donors (Lipinski definition) is 1. The fourth-order valence-corrected chi connectivity index (χ4v) is 2.22. The van der Waals surface area contributed by atoms with Crippen LogP contribution >= 0.6 is 0 Å². The fourth-order valence-electron chi connectivity index (χ4n) is 2.22. The lowest BCUT2D eigenvalue weighted by atomic mass is 10.2. The molecule has 1 atom stereocenters. The van der Waals surface area contributed by atoms with Gasteiger partial charge in [0.05, 0.1) is 11.9 Å². The molecule has 1 aromatic heterocycles. The fraction of sp³-hybridized carbons (Fsp3) is 0.583. The van der Waals surface area contributed by atoms with E-state index in [0.29, 0.717) is 6.04 Å². The molecule has 0 aromatic carbocycles. The molecule has 1 aliphatic heterocycles. The van der Waals surface area contributed by atoms with E-state index in [4.69, 9.17) is 0 Å². The molecule has 1 saturated heterocycles. The Bertz CT molecular complexity index is 324. The van der Waals surface area contributed by atoms with Gasteiger partial charge in [0.1, 0.15) is 0 Å². The SMILES string of the molecule is CCNC1CCN(c2cnccc2C)C1. The largest absolute Gasteiger partial charge is 0.368 e. The monoisotopic (exact) mass is 205 g/mol. The van der Waals surface area contributed by atoms with E-state index in [9.17, 15) is 0 Å². The van der Waals surface area contributed by atoms with Gasteiger partial charge in [-0.05, 0) is 31.5 Å². The van der Waals surface area contributed by atoms with Crippen molar-refractivity contribution in [2.45, 2.75) is 26.3 Å². The van der Waals surface area contributed by atoms with Gasteiger partial charge in [-0.25, -0.2) is 0 Å². The van der Waals surface area contributed by atoms with E-state index in [1.165, 1.54) is 17.7 Å². The van der Waals surface area contributed by atoms with Gasteiger partial charge in [0.15, 0.2) is 0 Å². The zero-order valence-corrected chi connectivity index (χ0v) is 9.53. The van der Waals surface area contributed by atoms with Gasteiger partial charge in [0.2, 0.25) is 0 Å². The van der Waals surface area contributed by atoms with Crippen molar-refractivity contribution in [2.24, 2.45) is 0 Å². The Balaban J connectivity index is 2.04. The van der Waals surface area contributed by atoms with Crippen LogP contribution in [0.5, 0.6) is 0 Å². The maximum Gasteiger partial charge on any atom is 0.0582 e. The van der Waals surface area contributed by atoms with Crippen LogP contribution in [-0.4, -0.2) is 30.7 Å². The van der Waals surface area contributed by atoms with Gasteiger partial charge < -0.3 is 10.2 Å². The highest BCUT2D eigenvalue weighted by Gasteiger charge is 2.22. The summed E-state index contributed by atoms with van der Waals surface area (Å²) in [6, 6.07) is 2.73. The molecule has 0 amide bonds. The lowest BCUT2D eigenvalue weighted by Gasteiger charge is -2.20. The summed E-state index contributed by atoms with van der Waals surface area (Å²) in [5, 5.41) is 3.50. The van der Waals surface area contributed by atoms with E-state index >= 15 is 0 Å². The zero-order chi connectivity index (χ0) is 10.7. The minimum absolute atomic E-state index is 0.648. The first-order valence-electron chi connectivity index (χ1n) is 5.70. The molecule has 0 spiro atoms. The maximum absolute atomic E-state index is 4.20. The normalized spacial score (nSPS) is 20.9. The van der Waals surface area contributed by atoms with Crippen LogP contribution in [0.2, 0.25) is 0 Å². The van der Waals surface area contributed by atoms with Gasteiger partial charge >= 0.3 is 0 Å². The second kappa shape index (κ2) is 4.62. The molecule has 15 heavy (non-hydrogen) atoms. The van der Waals surface area contributed by atoms with Gasteiger partial charge in [-0.1, -0.05) is 6.92 Å². The summed E-state index contributed by atoms with van der Waals surface area (Å²) in [6.07, 6.45) is 5.07. The Labute approximate surface area is 91.5 Å². The van der Waals surface area contributed by atoms with Crippen molar-refractivity contribution >= 4 is 5.69 Å². The smallest absolute Gasteiger partial charge is 0.0582 e. The van der Waals surface area contributed by atoms with E-state index in [1.807, 2.05) is 12.4 Å². The first kappa shape index (κ1) is 10.4. The Kier molecular flexibility index (Phi) is 3.21. The minimum atomic E-state index is 0.648. The molecule has 2 rings (SSSR count). The molecule has 3 nitrogen and oxygen atoms in total. The van der Waals surface area contributed by atoms with Crippen LogP contribution in [0.3, 0.4) is 0 Å². The zero-order valence-electron chi connectivity index (χ0n) is 9.53. The molecule has 2 heterocycles. The van der Waals surface area contributed by atoms with Gasteiger partial charge in [-0.3, -0.25) is 4.98 Å². The lowest BCUT2D eigenvalue weighted by molar-refractivity contribution is 0.572. The second-order valence-corrected chi connectivity index (χ2v) is 4.15. The molecule has 1 N–H and O–H groups in total. The quantitative estimate of drug-likeness (QED) is 0.812. The Morgan fingerprint density at radius 3 is 3.20 bits per heavy atom. The van der Waals surface area contributed by atoms with Crippen molar-refractivity contribution in [1.29, 1.82) is 0 Å². The third kappa shape index (κ3) is 2.29. The topological polar surface area (TPSA) is 28.2 Å². The summed E-state index contributed by atoms with van der Waals surface area (Å²) in [6.45, 7) is 7.63. The maximum atomic E-state index is 4.20. The summed E-state index contributed by atoms with van der Waals surface area (Å²) >= 11 is 0. The number of aromatic nitrogens is 1. The molecule has 1 unspecified atom stereocenters. The average Bonchev–Trinajstić information content (AvgIpc) is 2.68. The molecule has 1 aromatic rings. The number of nitrogens with one attached hydrogen (secondary N) is 1. The highest BCUT2D eigenvalue weighted by Crippen LogP contribution is 2.22. The minimum Gasteiger partial charge on any atom is -0.368 e. The molecule has 0 saturated carbocycles. The standard InChI is InChI=1S/C12H19N3/c1-3-14-11-5-7-15(9-11)12-8-13-6-4-10(12)2/h4,6,8,11,14H,3,5,7,9H2,1-2H3. The molecule has 3 heteroatoms. The number of hydrogen-bond acceptors (Lipinski definition) is 3. The number of anilines is 1. The molecular weight excluding hydrogens is 186 g/mol. The molecule has 0 bridgehead atoms. The molecule has 82 valence electrons. The Hall–Kier alpha value is -1.09. The summed E-state index contributed by atoms with van der Waals surface area (Å²) in [4.78, 5) is 6.63. The number of rotatable bonds is 3. The van der Waals surface area contributed by atoms with Crippen molar-refractivity contribution < 1.29 is 0 Å². The van der Waals surface area contributed by atoms with Crippen LogP contribution in [0.4, 0.5) is 5.69 Å². The molecule has 0 aliphatic carbocycles. The van der Waals surface area contributed by atoms with Crippen molar-refractivity contribution in [3.05, 3.63) is 24.0 Å². The Morgan fingerprint density at radius 1 is 1.60 bits per heavy atom. The van der Waals surface area contributed by atoms with Crippen molar-refractivity contribution in [3.63, 3.8) is 0 Å². The molecule has 1 aliphatic rings. The van der Waals surface area contributed by atoms with E-state index in [-0.39, 0.29) is 0 Å². The van der Waals surface area contributed by atoms with Crippen molar-refractivity contribution in [3.8, 4) is 0 Å². The van der Waals surface area contributed by atoms with Crippen LogP contribution in [0.1, 0.15) is 18.9 Å². The summed E-state index contributed by atoms with van der Waals surface area (Å²) in [5.41, 5.74) is 2.61. The van der Waals surface area contributed by atoms with Crippen LogP contribution in [0.25, 0.3) is 0 Å². The number of likely N-dealkylation sites (N-methyl/N-ethyl adjacent to an activating group) is 1. The van der Waals surface area contributed by atoms with Crippen LogP contribution < -0.4 is 10.2 Å². The van der Waals surface area contributed by atoms with Gasteiger partial charge in [-0.2, -0.15) is 0 Å². The lowest BCUT2D eigenvalue weighted by Crippen LogP contribution is -2.32. The van der Waals surface area contributed by atoms with Crippen molar-refractivity contribution in [2.75, 3.05) is 24.5 Å². The molecule has 1 fully saturated rings. The third-order valence-electron chi connectivity index (χ3n) is 3.03. The predicted octanol–water partition coefficient (Wildman–Crippen LogP) is 1.58. The number of nitrogens with zero attached hydrogens (tertiary/aromatic N) is 2. The third-order valence-corrected chi connectivity index (χ3v) is 3.03. The highest BCUT2D eigenvalue weighted by molar-refractivity contribution is 5.51. The molecule has 0 radical (unpaired) electrons. The van der Waals surface area contributed by atoms with E-state index in [2.05, 4.69) is 35.1 Å². The second-order valence-electron chi connectivity index (χ2n) is 4.15. The first-order valence-corrected chi connectivity index (χ1v) is 5.70.